The zero-order chi connectivity index (χ0) is 20.7. The van der Waals surface area contributed by atoms with Crippen LogP contribution in [0.4, 0.5) is 0 Å². The number of methoxy groups -OCH3 is 1. The Labute approximate surface area is 159 Å². The maximum atomic E-state index is 8.36. The van der Waals surface area contributed by atoms with E-state index in [-0.39, 0.29) is 12.9 Å². The fourth-order valence-electron chi connectivity index (χ4n) is 2.28. The van der Waals surface area contributed by atoms with Gasteiger partial charge in [-0.3, -0.25) is 9.59 Å². The van der Waals surface area contributed by atoms with Crippen molar-refractivity contribution in [3.63, 3.8) is 0 Å². The summed E-state index contributed by atoms with van der Waals surface area (Å²) in [5.74, 6) is 2.41. The quantitative estimate of drug-likeness (QED) is 0.596. The van der Waals surface area contributed by atoms with Gasteiger partial charge in [-0.05, 0) is 40.1 Å². The molecule has 0 amide bonds. The number of hydrogen-bond donors (Lipinski definition) is 3. The molecule has 3 N–H and O–H groups in total. The molecule has 1 heterocycles. The smallest absolute Gasteiger partial charge is 0.290 e. The normalized spacial score (nSPS) is 12.6. The molecule has 154 valence electrons. The van der Waals surface area contributed by atoms with Crippen molar-refractivity contribution in [2.75, 3.05) is 41.0 Å². The molecule has 0 aromatic heterocycles. The second-order valence-electron chi connectivity index (χ2n) is 5.89. The van der Waals surface area contributed by atoms with Gasteiger partial charge in [0.25, 0.3) is 12.9 Å². The first-order valence-electron chi connectivity index (χ1n) is 8.43. The monoisotopic (exact) mass is 386 g/mol. The Morgan fingerprint density at radius 2 is 1.70 bits per heavy atom. The van der Waals surface area contributed by atoms with E-state index in [1.165, 1.54) is 0 Å². The maximum absolute atomic E-state index is 8.36. The van der Waals surface area contributed by atoms with Crippen LogP contribution in [0.3, 0.4) is 0 Å². The standard InChI is InChI=1S/C16H26N2O3.2CH2O2/c1-12(5-6-18(2)3)17-11-13-9-15-16(10-14(13)19-4)21-8-7-20-15;2*2-1-3/h9-10,12,17H,5-8,11H2,1-4H3;2*1H,(H,2,3). The highest BCUT2D eigenvalue weighted by Crippen LogP contribution is 2.36. The molecule has 0 aliphatic carbocycles. The largest absolute Gasteiger partial charge is 0.496 e. The summed E-state index contributed by atoms with van der Waals surface area (Å²) in [4.78, 5) is 18.9. The number of hydrogen-bond acceptors (Lipinski definition) is 7. The molecule has 0 spiro atoms. The second-order valence-corrected chi connectivity index (χ2v) is 5.89. The first kappa shape index (κ1) is 24.5. The third kappa shape index (κ3) is 10.3. The number of benzene rings is 1. The Bertz CT molecular complexity index is 547. The van der Waals surface area contributed by atoms with Crippen molar-refractivity contribution in [3.8, 4) is 17.2 Å². The maximum Gasteiger partial charge on any atom is 0.290 e. The van der Waals surface area contributed by atoms with Gasteiger partial charge in [-0.25, -0.2) is 0 Å². The minimum absolute atomic E-state index is 0.250. The summed E-state index contributed by atoms with van der Waals surface area (Å²) in [5, 5.41) is 17.3. The predicted octanol–water partition coefficient (Wildman–Crippen LogP) is 1.30. The Morgan fingerprint density at radius 3 is 2.19 bits per heavy atom. The van der Waals surface area contributed by atoms with Gasteiger partial charge >= 0.3 is 0 Å². The predicted molar refractivity (Wildman–Crippen MR) is 101 cm³/mol. The van der Waals surface area contributed by atoms with Crippen LogP contribution in [-0.4, -0.2) is 75.1 Å². The topological polar surface area (TPSA) is 118 Å². The molecule has 1 aromatic carbocycles. The van der Waals surface area contributed by atoms with Crippen LogP contribution in [0.15, 0.2) is 12.1 Å². The summed E-state index contributed by atoms with van der Waals surface area (Å²) in [6, 6.07) is 4.37. The highest BCUT2D eigenvalue weighted by molar-refractivity contribution is 5.51. The molecule has 0 fully saturated rings. The van der Waals surface area contributed by atoms with E-state index in [4.69, 9.17) is 34.0 Å². The van der Waals surface area contributed by atoms with E-state index in [0.717, 1.165) is 42.3 Å². The third-order valence-electron chi connectivity index (χ3n) is 3.60. The molecule has 9 heteroatoms. The highest BCUT2D eigenvalue weighted by atomic mass is 16.6. The fourth-order valence-corrected chi connectivity index (χ4v) is 2.28. The average molecular weight is 386 g/mol. The summed E-state index contributed by atoms with van der Waals surface area (Å²) in [5.41, 5.74) is 1.10. The van der Waals surface area contributed by atoms with E-state index < -0.39 is 0 Å². The van der Waals surface area contributed by atoms with Crippen molar-refractivity contribution in [3.05, 3.63) is 17.7 Å². The molecule has 9 nitrogen and oxygen atoms in total. The van der Waals surface area contributed by atoms with Gasteiger partial charge in [0.1, 0.15) is 19.0 Å². The van der Waals surface area contributed by atoms with Crippen molar-refractivity contribution in [2.24, 2.45) is 0 Å². The minimum Gasteiger partial charge on any atom is -0.496 e. The summed E-state index contributed by atoms with van der Waals surface area (Å²) in [6.45, 7) is 4.73. The summed E-state index contributed by atoms with van der Waals surface area (Å²) in [7, 11) is 5.87. The Hall–Kier alpha value is -2.52. The zero-order valence-electron chi connectivity index (χ0n) is 16.3. The van der Waals surface area contributed by atoms with Gasteiger partial charge in [0.2, 0.25) is 0 Å². The summed E-state index contributed by atoms with van der Waals surface area (Å²) < 4.78 is 16.7. The lowest BCUT2D eigenvalue weighted by atomic mass is 10.1. The van der Waals surface area contributed by atoms with Gasteiger partial charge < -0.3 is 34.6 Å². The van der Waals surface area contributed by atoms with Crippen molar-refractivity contribution in [1.82, 2.24) is 10.2 Å². The number of ether oxygens (including phenoxy) is 3. The SMILES string of the molecule is COc1cc2c(cc1CNC(C)CCN(C)C)OCCO2.O=CO.O=CO. The Balaban J connectivity index is 0.000000997. The summed E-state index contributed by atoms with van der Waals surface area (Å²) >= 11 is 0. The van der Waals surface area contributed by atoms with Crippen molar-refractivity contribution >= 4 is 12.9 Å². The van der Waals surface area contributed by atoms with Crippen molar-refractivity contribution in [2.45, 2.75) is 25.9 Å². The van der Waals surface area contributed by atoms with Gasteiger partial charge in [0, 0.05) is 24.2 Å². The molecule has 1 aliphatic heterocycles. The molecule has 0 bridgehead atoms. The van der Waals surface area contributed by atoms with Gasteiger partial charge in [0.05, 0.1) is 7.11 Å². The molecule has 1 unspecified atom stereocenters. The van der Waals surface area contributed by atoms with Crippen molar-refractivity contribution in [1.29, 1.82) is 0 Å². The van der Waals surface area contributed by atoms with E-state index in [1.807, 2.05) is 12.1 Å². The number of nitrogens with one attached hydrogen (secondary N) is 1. The molecule has 1 atom stereocenters. The van der Waals surface area contributed by atoms with Crippen molar-refractivity contribution < 1.29 is 34.0 Å². The molecular formula is C18H30N2O7. The molecule has 27 heavy (non-hydrogen) atoms. The fraction of sp³-hybridized carbons (Fsp3) is 0.556. The Morgan fingerprint density at radius 1 is 1.19 bits per heavy atom. The number of nitrogens with zero attached hydrogens (tertiary/aromatic N) is 1. The molecule has 1 aromatic rings. The first-order valence-corrected chi connectivity index (χ1v) is 8.43. The third-order valence-corrected chi connectivity index (χ3v) is 3.60. The van der Waals surface area contributed by atoms with E-state index in [1.54, 1.807) is 7.11 Å². The molecule has 0 saturated heterocycles. The molecule has 2 rings (SSSR count). The average Bonchev–Trinajstić information content (AvgIpc) is 2.65. The Kier molecular flexibility index (Phi) is 13.3. The lowest BCUT2D eigenvalue weighted by Gasteiger charge is -2.22. The number of fused-ring (bicyclic) bond motifs is 1. The number of rotatable bonds is 7. The lowest BCUT2D eigenvalue weighted by molar-refractivity contribution is -0.123. The number of carboxylic acid groups (broad SMARTS) is 2. The van der Waals surface area contributed by atoms with Gasteiger partial charge in [-0.15, -0.1) is 0 Å². The van der Waals surface area contributed by atoms with Crippen LogP contribution in [0.1, 0.15) is 18.9 Å². The van der Waals surface area contributed by atoms with E-state index in [9.17, 15) is 0 Å². The van der Waals surface area contributed by atoms with Crippen LogP contribution in [0.25, 0.3) is 0 Å². The first-order chi connectivity index (χ1) is 12.9. The summed E-state index contributed by atoms with van der Waals surface area (Å²) in [6.07, 6.45) is 1.11. The molecule has 0 radical (unpaired) electrons. The van der Waals surface area contributed by atoms with Crippen LogP contribution in [-0.2, 0) is 16.1 Å². The van der Waals surface area contributed by atoms with Crippen LogP contribution in [0.5, 0.6) is 17.2 Å². The lowest BCUT2D eigenvalue weighted by Crippen LogP contribution is -2.29. The van der Waals surface area contributed by atoms with E-state index in [0.29, 0.717) is 19.3 Å². The van der Waals surface area contributed by atoms with Crippen LogP contribution in [0, 0.1) is 0 Å². The molecular weight excluding hydrogens is 356 g/mol. The van der Waals surface area contributed by atoms with E-state index >= 15 is 0 Å². The van der Waals surface area contributed by atoms with Crippen LogP contribution in [0.2, 0.25) is 0 Å². The minimum atomic E-state index is -0.250. The highest BCUT2D eigenvalue weighted by Gasteiger charge is 2.16. The van der Waals surface area contributed by atoms with Crippen LogP contribution < -0.4 is 19.5 Å². The number of carbonyl (C=O) groups is 2. The van der Waals surface area contributed by atoms with Crippen LogP contribution >= 0.6 is 0 Å². The molecule has 1 aliphatic rings. The molecule has 0 saturated carbocycles. The van der Waals surface area contributed by atoms with Gasteiger partial charge in [0.15, 0.2) is 11.5 Å². The van der Waals surface area contributed by atoms with Gasteiger partial charge in [-0.1, -0.05) is 0 Å². The second kappa shape index (κ2) is 14.6. The van der Waals surface area contributed by atoms with E-state index in [2.05, 4.69) is 31.2 Å². The van der Waals surface area contributed by atoms with Gasteiger partial charge in [-0.2, -0.15) is 0 Å². The zero-order valence-corrected chi connectivity index (χ0v) is 16.3.